The first-order valence-electron chi connectivity index (χ1n) is 24.9. The van der Waals surface area contributed by atoms with Crippen LogP contribution >= 0.6 is 11.3 Å². The Labute approximate surface area is 413 Å². The lowest BCUT2D eigenvalue weighted by atomic mass is 9.36. The average molecular weight is 909 g/mol. The number of fused-ring (bicyclic) bond motifs is 15. The van der Waals surface area contributed by atoms with E-state index in [0.29, 0.717) is 5.92 Å². The van der Waals surface area contributed by atoms with E-state index in [1.165, 1.54) is 127 Å². The van der Waals surface area contributed by atoms with Crippen LogP contribution in [0.15, 0.2) is 176 Å². The van der Waals surface area contributed by atoms with Crippen LogP contribution in [0.25, 0.3) is 33.4 Å². The molecule has 336 valence electrons. The number of aryl methyl sites for hydroxylation is 1. The van der Waals surface area contributed by atoms with Crippen molar-refractivity contribution in [3.63, 3.8) is 0 Å². The molecule has 9 aromatic rings. The van der Waals surface area contributed by atoms with E-state index in [1.54, 1.807) is 0 Å². The van der Waals surface area contributed by atoms with Gasteiger partial charge in [0.2, 0.25) is 0 Å². The van der Waals surface area contributed by atoms with E-state index >= 15 is 0 Å². The van der Waals surface area contributed by atoms with Gasteiger partial charge in [-0.15, -0.1) is 11.3 Å². The monoisotopic (exact) mass is 908 g/mol. The summed E-state index contributed by atoms with van der Waals surface area (Å²) in [6.07, 6.45) is 0. The Morgan fingerprint density at radius 3 is 1.72 bits per heavy atom. The third kappa shape index (κ3) is 5.97. The van der Waals surface area contributed by atoms with Gasteiger partial charge in [-0.1, -0.05) is 189 Å². The zero-order valence-electron chi connectivity index (χ0n) is 41.2. The summed E-state index contributed by atoms with van der Waals surface area (Å²) >= 11 is 2.07. The van der Waals surface area contributed by atoms with E-state index in [9.17, 15) is 0 Å². The predicted octanol–water partition coefficient (Wildman–Crippen LogP) is 15.9. The molecule has 1 aromatic heterocycles. The van der Waals surface area contributed by atoms with Gasteiger partial charge in [-0.25, -0.2) is 0 Å². The minimum absolute atomic E-state index is 0.00134. The van der Waals surface area contributed by atoms with Crippen LogP contribution < -0.4 is 25.5 Å². The normalized spacial score (nSPS) is 14.6. The summed E-state index contributed by atoms with van der Waals surface area (Å²) in [7, 11) is 0. The minimum atomic E-state index is -0.479. The zero-order valence-corrected chi connectivity index (χ0v) is 42.0. The van der Waals surface area contributed by atoms with Crippen LogP contribution in [0.4, 0.5) is 34.1 Å². The Hall–Kier alpha value is -6.88. The lowest BCUT2D eigenvalue weighted by Gasteiger charge is -2.44. The smallest absolute Gasteiger partial charge is 0.264 e. The van der Waals surface area contributed by atoms with E-state index in [0.717, 1.165) is 0 Å². The number of benzene rings is 8. The van der Waals surface area contributed by atoms with Crippen LogP contribution in [-0.2, 0) is 16.2 Å². The minimum Gasteiger partial charge on any atom is -0.311 e. The molecule has 0 saturated heterocycles. The summed E-state index contributed by atoms with van der Waals surface area (Å²) in [5.41, 5.74) is 27.0. The van der Waals surface area contributed by atoms with Gasteiger partial charge in [-0.05, 0) is 144 Å². The summed E-state index contributed by atoms with van der Waals surface area (Å²) in [5, 5.41) is 0. The van der Waals surface area contributed by atoms with Crippen molar-refractivity contribution in [1.82, 2.24) is 0 Å². The maximum atomic E-state index is 2.68. The second kappa shape index (κ2) is 14.8. The lowest BCUT2D eigenvalue weighted by molar-refractivity contribution is 0.588. The number of hydrogen-bond donors (Lipinski definition) is 0. The Morgan fingerprint density at radius 2 is 1.09 bits per heavy atom. The molecular formula is C65H57BN2S. The number of thiophene rings is 1. The average Bonchev–Trinajstić information content (AvgIpc) is 3.97. The van der Waals surface area contributed by atoms with Crippen LogP contribution in [0, 0.1) is 6.92 Å². The molecule has 2 nitrogen and oxygen atoms in total. The maximum absolute atomic E-state index is 2.68. The van der Waals surface area contributed by atoms with E-state index in [-0.39, 0.29) is 17.5 Å². The number of anilines is 6. The summed E-state index contributed by atoms with van der Waals surface area (Å²) in [6.45, 7) is 20.9. The van der Waals surface area contributed by atoms with Crippen LogP contribution in [0.2, 0.25) is 0 Å². The Balaban J connectivity index is 1.17. The molecule has 0 bridgehead atoms. The molecule has 3 heterocycles. The first kappa shape index (κ1) is 42.2. The molecule has 8 aromatic carbocycles. The van der Waals surface area contributed by atoms with Crippen molar-refractivity contribution in [1.29, 1.82) is 0 Å². The molecule has 13 rings (SSSR count). The molecule has 0 saturated carbocycles. The van der Waals surface area contributed by atoms with Crippen molar-refractivity contribution in [3.05, 3.63) is 220 Å². The molecular weight excluding hydrogens is 852 g/mol. The van der Waals surface area contributed by atoms with Gasteiger partial charge < -0.3 is 9.80 Å². The van der Waals surface area contributed by atoms with Gasteiger partial charge >= 0.3 is 0 Å². The Morgan fingerprint density at radius 1 is 0.507 bits per heavy atom. The van der Waals surface area contributed by atoms with Crippen molar-refractivity contribution in [2.24, 2.45) is 0 Å². The standard InChI is InChI=1S/C65H57BN2S/c1-39(2)41-23-29-46(30-24-41)67-55-37-43(42-17-11-10-12-18-42)25-34-54(55)66-59-56(67)35-40(3)36-57(59)68(47-31-26-44(27-32-47)63(4,5)6)60-58-50-33-28-45(64(7,8)9)38-53(50)65(61(58)69-62(60)66)51-21-15-13-19-48(51)49-20-14-16-22-52(49)65/h10-39H,1-9H3. The first-order chi connectivity index (χ1) is 33.2. The molecule has 0 radical (unpaired) electrons. The van der Waals surface area contributed by atoms with Crippen LogP contribution in [0.5, 0.6) is 0 Å². The van der Waals surface area contributed by atoms with Gasteiger partial charge in [0.25, 0.3) is 6.71 Å². The van der Waals surface area contributed by atoms with E-state index in [4.69, 9.17) is 0 Å². The summed E-state index contributed by atoms with van der Waals surface area (Å²) in [6, 6.07) is 68.1. The van der Waals surface area contributed by atoms with E-state index in [2.05, 4.69) is 259 Å². The predicted molar refractivity (Wildman–Crippen MR) is 296 cm³/mol. The number of nitrogens with zero attached hydrogens (tertiary/aromatic N) is 2. The van der Waals surface area contributed by atoms with E-state index < -0.39 is 5.41 Å². The molecule has 1 spiro atoms. The van der Waals surface area contributed by atoms with Gasteiger partial charge in [0, 0.05) is 43.7 Å². The fourth-order valence-electron chi connectivity index (χ4n) is 12.4. The molecule has 2 aliphatic heterocycles. The molecule has 0 fully saturated rings. The number of hydrogen-bond acceptors (Lipinski definition) is 3. The summed E-state index contributed by atoms with van der Waals surface area (Å²) < 4.78 is 1.41. The molecule has 0 N–H and O–H groups in total. The van der Waals surface area contributed by atoms with Crippen molar-refractivity contribution in [3.8, 4) is 33.4 Å². The molecule has 4 aliphatic rings. The first-order valence-corrected chi connectivity index (χ1v) is 25.7. The highest BCUT2D eigenvalue weighted by Crippen LogP contribution is 2.67. The Bertz CT molecular complexity index is 3520. The SMILES string of the molecule is Cc1cc2c3c(c1)N(c1ccc(C(C)(C)C)cc1)c1c(sc4c1-c1ccc(C(C)(C)C)cc1C41c4ccccc4-c4ccccc41)B3c1ccc(-c3ccccc3)cc1N2c1ccc(C(C)C)cc1. The van der Waals surface area contributed by atoms with Crippen molar-refractivity contribution >= 4 is 67.9 Å². The number of rotatable bonds is 4. The molecule has 2 aliphatic carbocycles. The third-order valence-corrected chi connectivity index (χ3v) is 17.2. The van der Waals surface area contributed by atoms with E-state index in [1.807, 2.05) is 0 Å². The fourth-order valence-corrected chi connectivity index (χ4v) is 14.0. The highest BCUT2D eigenvalue weighted by molar-refractivity contribution is 7.30. The lowest BCUT2D eigenvalue weighted by Crippen LogP contribution is -2.60. The second-order valence-electron chi connectivity index (χ2n) is 22.4. The molecule has 0 atom stereocenters. The maximum Gasteiger partial charge on any atom is 0.264 e. The summed E-state index contributed by atoms with van der Waals surface area (Å²) in [4.78, 5) is 6.69. The third-order valence-electron chi connectivity index (χ3n) is 15.8. The van der Waals surface area contributed by atoms with Crippen molar-refractivity contribution in [2.45, 2.75) is 84.5 Å². The quantitative estimate of drug-likeness (QED) is 0.162. The van der Waals surface area contributed by atoms with Gasteiger partial charge in [-0.3, -0.25) is 0 Å². The molecule has 0 unspecified atom stereocenters. The molecule has 0 amide bonds. The van der Waals surface area contributed by atoms with Crippen LogP contribution in [0.1, 0.15) is 105 Å². The van der Waals surface area contributed by atoms with Crippen molar-refractivity contribution in [2.75, 3.05) is 9.80 Å². The van der Waals surface area contributed by atoms with Crippen molar-refractivity contribution < 1.29 is 0 Å². The highest BCUT2D eigenvalue weighted by Gasteiger charge is 2.57. The molecule has 4 heteroatoms. The van der Waals surface area contributed by atoms with Gasteiger partial charge in [0.15, 0.2) is 0 Å². The fraction of sp³-hybridized carbons (Fsp3) is 0.200. The van der Waals surface area contributed by atoms with Gasteiger partial charge in [-0.2, -0.15) is 0 Å². The second-order valence-corrected chi connectivity index (χ2v) is 23.4. The topological polar surface area (TPSA) is 6.48 Å². The summed E-state index contributed by atoms with van der Waals surface area (Å²) in [5.74, 6) is 0.443. The highest BCUT2D eigenvalue weighted by atomic mass is 32.1. The zero-order chi connectivity index (χ0) is 47.3. The van der Waals surface area contributed by atoms with Gasteiger partial charge in [0.1, 0.15) is 0 Å². The van der Waals surface area contributed by atoms with Gasteiger partial charge in [0.05, 0.1) is 11.1 Å². The Kier molecular flexibility index (Phi) is 9.07. The van der Waals surface area contributed by atoms with Crippen LogP contribution in [-0.4, -0.2) is 6.71 Å². The largest absolute Gasteiger partial charge is 0.311 e. The van der Waals surface area contributed by atoms with Crippen LogP contribution in [0.3, 0.4) is 0 Å². The molecule has 69 heavy (non-hydrogen) atoms.